The molecule has 1 aliphatic rings. The summed E-state index contributed by atoms with van der Waals surface area (Å²) in [6.07, 6.45) is -3.22. The Bertz CT molecular complexity index is 470. The molecule has 0 aliphatic carbocycles. The number of carbonyl (C=O) groups is 1. The Morgan fingerprint density at radius 1 is 1.25 bits per heavy atom. The molecular formula is C12H13ClF3N3O. The number of hydrogen-bond donors (Lipinski definition) is 0. The molecule has 1 aromatic rings. The van der Waals surface area contributed by atoms with E-state index < -0.39 is 11.9 Å². The van der Waals surface area contributed by atoms with Gasteiger partial charge in [0.2, 0.25) is 5.91 Å². The minimum absolute atomic E-state index is 0.0537. The number of anilines is 1. The Morgan fingerprint density at radius 3 is 2.35 bits per heavy atom. The lowest BCUT2D eigenvalue weighted by atomic mass is 10.2. The highest BCUT2D eigenvalue weighted by Crippen LogP contribution is 2.28. The number of carbonyl (C=O) groups excluding carboxylic acids is 1. The fourth-order valence-electron chi connectivity index (χ4n) is 2.04. The van der Waals surface area contributed by atoms with E-state index in [9.17, 15) is 18.0 Å². The summed E-state index contributed by atoms with van der Waals surface area (Å²) in [5.41, 5.74) is -0.284. The molecule has 110 valence electrons. The second kappa shape index (κ2) is 5.87. The Labute approximate surface area is 119 Å². The van der Waals surface area contributed by atoms with Gasteiger partial charge < -0.3 is 9.80 Å². The summed E-state index contributed by atoms with van der Waals surface area (Å²) < 4.78 is 37.2. The van der Waals surface area contributed by atoms with Crippen molar-refractivity contribution in [3.63, 3.8) is 0 Å². The second-order valence-corrected chi connectivity index (χ2v) is 4.67. The molecular weight excluding hydrogens is 295 g/mol. The van der Waals surface area contributed by atoms with Gasteiger partial charge in [-0.3, -0.25) is 4.79 Å². The summed E-state index contributed by atoms with van der Waals surface area (Å²) in [5, 5.41) is 0. The molecule has 0 saturated carbocycles. The predicted octanol–water partition coefficient (Wildman–Crippen LogP) is 1.99. The first kappa shape index (κ1) is 14.9. The van der Waals surface area contributed by atoms with Crippen LogP contribution in [-0.4, -0.2) is 47.9 Å². The maximum Gasteiger partial charge on any atom is 0.433 e. The topological polar surface area (TPSA) is 36.4 Å². The van der Waals surface area contributed by atoms with Gasteiger partial charge in [-0.05, 0) is 12.1 Å². The van der Waals surface area contributed by atoms with Crippen LogP contribution in [0.1, 0.15) is 5.69 Å². The van der Waals surface area contributed by atoms with Crippen LogP contribution >= 0.6 is 11.6 Å². The highest BCUT2D eigenvalue weighted by Gasteiger charge is 2.32. The average molecular weight is 308 g/mol. The standard InChI is InChI=1S/C12H13ClF3N3O/c13-7-11(20)19-5-3-18(4-6-19)9-1-2-10(17-8-9)12(14,15)16/h1-2,8H,3-7H2. The average Bonchev–Trinajstić information content (AvgIpc) is 2.46. The fourth-order valence-corrected chi connectivity index (χ4v) is 2.21. The van der Waals surface area contributed by atoms with Crippen molar-refractivity contribution in [3.8, 4) is 0 Å². The van der Waals surface area contributed by atoms with Gasteiger partial charge in [0.15, 0.2) is 0 Å². The molecule has 0 bridgehead atoms. The van der Waals surface area contributed by atoms with E-state index in [2.05, 4.69) is 4.98 Å². The first-order valence-corrected chi connectivity index (χ1v) is 6.57. The zero-order valence-electron chi connectivity index (χ0n) is 10.5. The maximum atomic E-state index is 12.4. The molecule has 1 fully saturated rings. The molecule has 0 aromatic carbocycles. The lowest BCUT2D eigenvalue weighted by Gasteiger charge is -2.35. The summed E-state index contributed by atoms with van der Waals surface area (Å²) in [6.45, 7) is 2.12. The molecule has 0 atom stereocenters. The minimum atomic E-state index is -4.43. The predicted molar refractivity (Wildman–Crippen MR) is 68.8 cm³/mol. The molecule has 1 aliphatic heterocycles. The highest BCUT2D eigenvalue weighted by atomic mass is 35.5. The quantitative estimate of drug-likeness (QED) is 0.784. The first-order chi connectivity index (χ1) is 9.41. The summed E-state index contributed by atoms with van der Waals surface area (Å²) in [6, 6.07) is 2.36. The molecule has 4 nitrogen and oxygen atoms in total. The molecule has 2 heterocycles. The Morgan fingerprint density at radius 2 is 1.90 bits per heavy atom. The summed E-state index contributed by atoms with van der Waals surface area (Å²) >= 11 is 5.48. The van der Waals surface area contributed by atoms with Gasteiger partial charge in [-0.25, -0.2) is 4.98 Å². The summed E-state index contributed by atoms with van der Waals surface area (Å²) in [5.74, 6) is -0.182. The van der Waals surface area contributed by atoms with E-state index in [1.807, 2.05) is 4.90 Å². The third kappa shape index (κ3) is 3.33. The Hall–Kier alpha value is -1.50. The van der Waals surface area contributed by atoms with Gasteiger partial charge in [-0.15, -0.1) is 11.6 Å². The van der Waals surface area contributed by atoms with Gasteiger partial charge in [-0.2, -0.15) is 13.2 Å². The van der Waals surface area contributed by atoms with E-state index in [0.29, 0.717) is 31.9 Å². The SMILES string of the molecule is O=C(CCl)N1CCN(c2ccc(C(F)(F)F)nc2)CC1. The van der Waals surface area contributed by atoms with Crippen LogP contribution in [-0.2, 0) is 11.0 Å². The van der Waals surface area contributed by atoms with Crippen molar-refractivity contribution in [1.82, 2.24) is 9.88 Å². The van der Waals surface area contributed by atoms with Gasteiger partial charge in [-0.1, -0.05) is 0 Å². The molecule has 0 radical (unpaired) electrons. The molecule has 20 heavy (non-hydrogen) atoms. The molecule has 0 spiro atoms. The van der Waals surface area contributed by atoms with E-state index in [1.165, 1.54) is 12.3 Å². The van der Waals surface area contributed by atoms with Crippen molar-refractivity contribution in [2.45, 2.75) is 6.18 Å². The van der Waals surface area contributed by atoms with Crippen molar-refractivity contribution in [3.05, 3.63) is 24.0 Å². The van der Waals surface area contributed by atoms with Gasteiger partial charge in [0.25, 0.3) is 0 Å². The lowest BCUT2D eigenvalue weighted by Crippen LogP contribution is -2.49. The van der Waals surface area contributed by atoms with E-state index in [0.717, 1.165) is 6.07 Å². The third-order valence-electron chi connectivity index (χ3n) is 3.15. The van der Waals surface area contributed by atoms with Gasteiger partial charge >= 0.3 is 6.18 Å². The first-order valence-electron chi connectivity index (χ1n) is 6.04. The minimum Gasteiger partial charge on any atom is -0.367 e. The van der Waals surface area contributed by atoms with Crippen LogP contribution in [0, 0.1) is 0 Å². The van der Waals surface area contributed by atoms with E-state index >= 15 is 0 Å². The summed E-state index contributed by atoms with van der Waals surface area (Å²) in [4.78, 5) is 18.4. The molecule has 8 heteroatoms. The number of amides is 1. The number of rotatable bonds is 2. The van der Waals surface area contributed by atoms with Crippen molar-refractivity contribution in [1.29, 1.82) is 0 Å². The van der Waals surface area contributed by atoms with Crippen molar-refractivity contribution >= 4 is 23.2 Å². The fraction of sp³-hybridized carbons (Fsp3) is 0.500. The molecule has 1 aromatic heterocycles. The van der Waals surface area contributed by atoms with E-state index in [4.69, 9.17) is 11.6 Å². The number of piperazine rings is 1. The van der Waals surface area contributed by atoms with Crippen LogP contribution < -0.4 is 4.90 Å². The summed E-state index contributed by atoms with van der Waals surface area (Å²) in [7, 11) is 0. The number of hydrogen-bond acceptors (Lipinski definition) is 3. The largest absolute Gasteiger partial charge is 0.433 e. The third-order valence-corrected chi connectivity index (χ3v) is 3.38. The van der Waals surface area contributed by atoms with Crippen molar-refractivity contribution in [2.75, 3.05) is 37.0 Å². The maximum absolute atomic E-state index is 12.4. The molecule has 0 N–H and O–H groups in total. The lowest BCUT2D eigenvalue weighted by molar-refractivity contribution is -0.141. The number of aromatic nitrogens is 1. The van der Waals surface area contributed by atoms with Crippen LogP contribution in [0.4, 0.5) is 18.9 Å². The van der Waals surface area contributed by atoms with Crippen LogP contribution in [0.2, 0.25) is 0 Å². The molecule has 2 rings (SSSR count). The van der Waals surface area contributed by atoms with Crippen LogP contribution in [0.3, 0.4) is 0 Å². The van der Waals surface area contributed by atoms with Gasteiger partial charge in [0.05, 0.1) is 11.9 Å². The molecule has 1 saturated heterocycles. The second-order valence-electron chi connectivity index (χ2n) is 4.40. The molecule has 1 amide bonds. The van der Waals surface area contributed by atoms with Gasteiger partial charge in [0.1, 0.15) is 11.6 Å². The van der Waals surface area contributed by atoms with Crippen LogP contribution in [0.5, 0.6) is 0 Å². The van der Waals surface area contributed by atoms with Crippen LogP contribution in [0.15, 0.2) is 18.3 Å². The highest BCUT2D eigenvalue weighted by molar-refractivity contribution is 6.27. The smallest absolute Gasteiger partial charge is 0.367 e. The number of nitrogens with zero attached hydrogens (tertiary/aromatic N) is 3. The van der Waals surface area contributed by atoms with Crippen LogP contribution in [0.25, 0.3) is 0 Å². The normalized spacial score (nSPS) is 16.4. The Balaban J connectivity index is 1.99. The van der Waals surface area contributed by atoms with E-state index in [-0.39, 0.29) is 11.8 Å². The Kier molecular flexibility index (Phi) is 4.37. The van der Waals surface area contributed by atoms with E-state index in [1.54, 1.807) is 4.90 Å². The zero-order chi connectivity index (χ0) is 14.8. The number of halogens is 4. The number of alkyl halides is 4. The van der Waals surface area contributed by atoms with Crippen molar-refractivity contribution in [2.24, 2.45) is 0 Å². The monoisotopic (exact) mass is 307 g/mol. The van der Waals surface area contributed by atoms with Crippen molar-refractivity contribution < 1.29 is 18.0 Å². The van der Waals surface area contributed by atoms with Gasteiger partial charge in [0, 0.05) is 26.2 Å². The zero-order valence-corrected chi connectivity index (χ0v) is 11.3. The number of pyridine rings is 1. The molecule has 0 unspecified atom stereocenters.